The number of para-hydroxylation sites is 1. The highest BCUT2D eigenvalue weighted by atomic mass is 16.3. The molecule has 0 spiro atoms. The van der Waals surface area contributed by atoms with Crippen molar-refractivity contribution in [1.29, 1.82) is 0 Å². The highest BCUT2D eigenvalue weighted by Crippen LogP contribution is 2.46. The number of rotatable bonds is 6. The fraction of sp³-hybridized carbons (Fsp3) is 0.148. The molecule has 0 radical (unpaired) electrons. The molecule has 9 aromatic rings. The molecule has 0 aliphatic heterocycles. The summed E-state index contributed by atoms with van der Waals surface area (Å²) in [6.45, 7) is 13.2. The number of phenolic OH excluding ortho intramolecular Hbond substituents is 1. The molecule has 0 amide bonds. The van der Waals surface area contributed by atoms with Gasteiger partial charge in [-0.05, 0) is 98.0 Å². The molecule has 0 aliphatic carbocycles. The quantitative estimate of drug-likeness (QED) is 0.184. The Kier molecular flexibility index (Phi) is 9.09. The van der Waals surface area contributed by atoms with Crippen LogP contribution in [0.1, 0.15) is 52.7 Å². The van der Waals surface area contributed by atoms with E-state index < -0.39 is 0 Å². The minimum Gasteiger partial charge on any atom is -0.507 e. The summed E-state index contributed by atoms with van der Waals surface area (Å²) >= 11 is 0. The third kappa shape index (κ3) is 6.65. The molecule has 9 rings (SSSR count). The van der Waals surface area contributed by atoms with E-state index in [1.54, 1.807) is 0 Å². The molecular weight excluding hydrogens is 707 g/mol. The number of hydrogen-bond acceptors (Lipinski definition) is 3. The Labute approximate surface area is 341 Å². The first-order chi connectivity index (χ1) is 28.0. The second-order valence-corrected chi connectivity index (χ2v) is 17.3. The standard InChI is InChI=1S/C54H47N3O/c1-53(2,3)40-33-45(51(58)46(34-40)54(4,5)6)52-56-50-42(44-32-39(47-25-15-16-29-55-47)30-38-22-13-14-23-41(38)44)24-17-26-49(50)57(52)48-28-27-37(35-18-9-7-10-19-35)31-43(48)36-20-11-8-12-21-36/h7-34,58H,1-6H3. The molecule has 7 aromatic carbocycles. The third-order valence-corrected chi connectivity index (χ3v) is 11.3. The van der Waals surface area contributed by atoms with Crippen molar-refractivity contribution in [3.8, 4) is 67.5 Å². The van der Waals surface area contributed by atoms with Crippen molar-refractivity contribution in [3.05, 3.63) is 181 Å². The molecule has 1 N–H and O–H groups in total. The number of fused-ring (bicyclic) bond motifs is 2. The minimum atomic E-state index is -0.320. The largest absolute Gasteiger partial charge is 0.507 e. The molecule has 58 heavy (non-hydrogen) atoms. The van der Waals surface area contributed by atoms with Gasteiger partial charge in [-0.2, -0.15) is 0 Å². The van der Waals surface area contributed by atoms with E-state index in [2.05, 4.69) is 198 Å². The SMILES string of the molecule is CC(C)(C)c1cc(-c2nc3c(-c4cc(-c5ccccn5)cc5ccccc45)cccc3n2-c2ccc(-c3ccccc3)cc2-c2ccccc2)c(O)c(C(C)(C)C)c1. The average Bonchev–Trinajstić information content (AvgIpc) is 3.63. The summed E-state index contributed by atoms with van der Waals surface area (Å²) in [5, 5.41) is 14.7. The maximum atomic E-state index is 12.5. The maximum absolute atomic E-state index is 12.5. The lowest BCUT2D eigenvalue weighted by molar-refractivity contribution is 0.446. The number of nitrogens with zero attached hydrogens (tertiary/aromatic N) is 3. The van der Waals surface area contributed by atoms with Crippen LogP contribution in [0.25, 0.3) is 83.5 Å². The molecule has 0 fully saturated rings. The summed E-state index contributed by atoms with van der Waals surface area (Å²) in [6.07, 6.45) is 1.84. The summed E-state index contributed by atoms with van der Waals surface area (Å²) in [7, 11) is 0. The zero-order chi connectivity index (χ0) is 40.2. The van der Waals surface area contributed by atoms with Gasteiger partial charge in [0, 0.05) is 28.5 Å². The number of hydrogen-bond donors (Lipinski definition) is 1. The predicted molar refractivity (Wildman–Crippen MR) is 243 cm³/mol. The van der Waals surface area contributed by atoms with Crippen LogP contribution in [0.15, 0.2) is 170 Å². The molecule has 0 atom stereocenters. The van der Waals surface area contributed by atoms with Crippen molar-refractivity contribution >= 4 is 21.8 Å². The zero-order valence-corrected chi connectivity index (χ0v) is 34.0. The highest BCUT2D eigenvalue weighted by Gasteiger charge is 2.29. The van der Waals surface area contributed by atoms with Crippen molar-refractivity contribution in [2.45, 2.75) is 52.4 Å². The Morgan fingerprint density at radius 3 is 1.90 bits per heavy atom. The van der Waals surface area contributed by atoms with Crippen molar-refractivity contribution in [3.63, 3.8) is 0 Å². The van der Waals surface area contributed by atoms with E-state index in [4.69, 9.17) is 9.97 Å². The van der Waals surface area contributed by atoms with E-state index in [1.807, 2.05) is 18.3 Å². The minimum absolute atomic E-state index is 0.179. The van der Waals surface area contributed by atoms with E-state index in [9.17, 15) is 5.11 Å². The van der Waals surface area contributed by atoms with E-state index >= 15 is 0 Å². The molecule has 2 heterocycles. The second-order valence-electron chi connectivity index (χ2n) is 17.3. The molecule has 0 saturated carbocycles. The molecule has 0 saturated heterocycles. The summed E-state index contributed by atoms with van der Waals surface area (Å²) in [5.74, 6) is 0.940. The molecule has 0 aliphatic rings. The Bertz CT molecular complexity index is 2950. The number of benzene rings is 7. The number of aromatic hydroxyl groups is 1. The first-order valence-electron chi connectivity index (χ1n) is 20.1. The molecule has 2 aromatic heterocycles. The van der Waals surface area contributed by atoms with Crippen LogP contribution in [0.5, 0.6) is 5.75 Å². The van der Waals surface area contributed by atoms with Gasteiger partial charge in [-0.15, -0.1) is 0 Å². The molecule has 0 bridgehead atoms. The first kappa shape index (κ1) is 36.8. The van der Waals surface area contributed by atoms with Crippen LogP contribution in [0.3, 0.4) is 0 Å². The number of phenols is 1. The van der Waals surface area contributed by atoms with Crippen molar-refractivity contribution in [2.75, 3.05) is 0 Å². The second kappa shape index (κ2) is 14.3. The maximum Gasteiger partial charge on any atom is 0.149 e. The van der Waals surface area contributed by atoms with Gasteiger partial charge < -0.3 is 5.11 Å². The molecule has 0 unspecified atom stereocenters. The monoisotopic (exact) mass is 753 g/mol. The van der Waals surface area contributed by atoms with Crippen molar-refractivity contribution in [2.24, 2.45) is 0 Å². The molecular formula is C54H47N3O. The summed E-state index contributed by atoms with van der Waals surface area (Å²) in [6, 6.07) is 57.7. The van der Waals surface area contributed by atoms with Gasteiger partial charge in [0.1, 0.15) is 11.6 Å². The van der Waals surface area contributed by atoms with Gasteiger partial charge in [0.2, 0.25) is 0 Å². The lowest BCUT2D eigenvalue weighted by Gasteiger charge is -2.27. The summed E-state index contributed by atoms with van der Waals surface area (Å²) in [5.41, 5.74) is 13.5. The Morgan fingerprint density at radius 2 is 1.19 bits per heavy atom. The third-order valence-electron chi connectivity index (χ3n) is 11.3. The summed E-state index contributed by atoms with van der Waals surface area (Å²) < 4.78 is 2.27. The van der Waals surface area contributed by atoms with Gasteiger partial charge in [-0.1, -0.05) is 157 Å². The van der Waals surface area contributed by atoms with Crippen LogP contribution < -0.4 is 0 Å². The van der Waals surface area contributed by atoms with Crippen LogP contribution in [-0.4, -0.2) is 19.6 Å². The molecule has 284 valence electrons. The highest BCUT2D eigenvalue weighted by molar-refractivity contribution is 6.06. The van der Waals surface area contributed by atoms with Gasteiger partial charge in [0.25, 0.3) is 0 Å². The normalized spacial score (nSPS) is 12.0. The van der Waals surface area contributed by atoms with Crippen molar-refractivity contribution in [1.82, 2.24) is 14.5 Å². The van der Waals surface area contributed by atoms with Crippen molar-refractivity contribution < 1.29 is 5.11 Å². The fourth-order valence-corrected chi connectivity index (χ4v) is 8.16. The number of imidazole rings is 1. The van der Waals surface area contributed by atoms with Crippen LogP contribution in [0.4, 0.5) is 0 Å². The topological polar surface area (TPSA) is 50.9 Å². The van der Waals surface area contributed by atoms with Crippen LogP contribution in [0.2, 0.25) is 0 Å². The van der Waals surface area contributed by atoms with Gasteiger partial charge >= 0.3 is 0 Å². The van der Waals surface area contributed by atoms with Gasteiger partial charge in [0.15, 0.2) is 0 Å². The zero-order valence-electron chi connectivity index (χ0n) is 34.0. The Morgan fingerprint density at radius 1 is 0.500 bits per heavy atom. The smallest absolute Gasteiger partial charge is 0.149 e. The van der Waals surface area contributed by atoms with E-state index in [1.165, 1.54) is 0 Å². The fourth-order valence-electron chi connectivity index (χ4n) is 8.16. The van der Waals surface area contributed by atoms with Crippen LogP contribution >= 0.6 is 0 Å². The Balaban J connectivity index is 1.41. The van der Waals surface area contributed by atoms with Gasteiger partial charge in [-0.25, -0.2) is 4.98 Å². The first-order valence-corrected chi connectivity index (χ1v) is 20.1. The average molecular weight is 754 g/mol. The van der Waals surface area contributed by atoms with E-state index in [0.29, 0.717) is 11.4 Å². The van der Waals surface area contributed by atoms with Crippen LogP contribution in [0, 0.1) is 0 Å². The lowest BCUT2D eigenvalue weighted by atomic mass is 9.79. The van der Waals surface area contributed by atoms with Crippen LogP contribution in [-0.2, 0) is 10.8 Å². The van der Waals surface area contributed by atoms with Gasteiger partial charge in [-0.3, -0.25) is 9.55 Å². The molecule has 4 heteroatoms. The van der Waals surface area contributed by atoms with Gasteiger partial charge in [0.05, 0.1) is 28.0 Å². The number of pyridine rings is 1. The lowest BCUT2D eigenvalue weighted by Crippen LogP contribution is -2.17. The van der Waals surface area contributed by atoms with E-state index in [-0.39, 0.29) is 16.6 Å². The number of aromatic nitrogens is 3. The molecule has 4 nitrogen and oxygen atoms in total. The summed E-state index contributed by atoms with van der Waals surface area (Å²) in [4.78, 5) is 10.4. The Hall–Kier alpha value is -6.78. The van der Waals surface area contributed by atoms with E-state index in [0.717, 1.165) is 83.3 Å². The predicted octanol–water partition coefficient (Wildman–Crippen LogP) is 14.2.